The van der Waals surface area contributed by atoms with Gasteiger partial charge in [-0.15, -0.1) is 0 Å². The maximum Gasteiger partial charge on any atom is 0.310 e. The number of hydrogen-bond acceptors (Lipinski definition) is 2. The molecule has 0 aromatic rings. The molecular weight excluding hydrogens is 154 g/mol. The van der Waals surface area contributed by atoms with E-state index in [-0.39, 0.29) is 0 Å². The summed E-state index contributed by atoms with van der Waals surface area (Å²) in [6.07, 6.45) is 1.56. The van der Waals surface area contributed by atoms with Gasteiger partial charge < -0.3 is 10.0 Å². The van der Waals surface area contributed by atoms with Crippen molar-refractivity contribution in [2.75, 3.05) is 19.6 Å². The molecule has 1 saturated heterocycles. The number of carbonyl (C=O) groups is 1. The van der Waals surface area contributed by atoms with Crippen LogP contribution in [0, 0.1) is 5.41 Å². The van der Waals surface area contributed by atoms with Crippen LogP contribution in [0.25, 0.3) is 0 Å². The molecule has 1 N–H and O–H groups in total. The first kappa shape index (κ1) is 9.52. The maximum atomic E-state index is 11.0. The first-order chi connectivity index (χ1) is 5.64. The zero-order valence-corrected chi connectivity index (χ0v) is 7.84. The summed E-state index contributed by atoms with van der Waals surface area (Å²) in [5.41, 5.74) is -0.448. The van der Waals surface area contributed by atoms with Crippen LogP contribution in [0.5, 0.6) is 0 Å². The van der Waals surface area contributed by atoms with E-state index in [0.29, 0.717) is 0 Å². The highest BCUT2D eigenvalue weighted by Gasteiger charge is 2.42. The van der Waals surface area contributed by atoms with Crippen molar-refractivity contribution < 1.29 is 9.90 Å². The monoisotopic (exact) mass is 171 g/mol. The van der Waals surface area contributed by atoms with Crippen molar-refractivity contribution in [3.05, 3.63) is 0 Å². The highest BCUT2D eigenvalue weighted by molar-refractivity contribution is 5.75. The average molecular weight is 171 g/mol. The summed E-state index contributed by atoms with van der Waals surface area (Å²) in [6, 6.07) is 0. The SMILES string of the molecule is CCN1CCC(CC)(C(=O)O)C1. The minimum Gasteiger partial charge on any atom is -0.481 e. The summed E-state index contributed by atoms with van der Waals surface area (Å²) in [5, 5.41) is 9.05. The highest BCUT2D eigenvalue weighted by Crippen LogP contribution is 2.33. The van der Waals surface area contributed by atoms with Gasteiger partial charge in [0.05, 0.1) is 5.41 Å². The molecule has 0 saturated carbocycles. The summed E-state index contributed by atoms with van der Waals surface area (Å²) in [6.45, 7) is 6.68. The zero-order chi connectivity index (χ0) is 9.19. The standard InChI is InChI=1S/C9H17NO2/c1-3-9(8(11)12)5-6-10(4-2)7-9/h3-7H2,1-2H3,(H,11,12). The number of nitrogens with zero attached hydrogens (tertiary/aromatic N) is 1. The van der Waals surface area contributed by atoms with Crippen LogP contribution in [0.4, 0.5) is 0 Å². The van der Waals surface area contributed by atoms with Crippen LogP contribution in [-0.4, -0.2) is 35.6 Å². The van der Waals surface area contributed by atoms with Crippen molar-refractivity contribution in [1.29, 1.82) is 0 Å². The Morgan fingerprint density at radius 2 is 2.25 bits per heavy atom. The Morgan fingerprint density at radius 1 is 1.58 bits per heavy atom. The van der Waals surface area contributed by atoms with Crippen LogP contribution in [0.2, 0.25) is 0 Å². The summed E-state index contributed by atoms with van der Waals surface area (Å²) in [5.74, 6) is -0.624. The van der Waals surface area contributed by atoms with E-state index < -0.39 is 11.4 Å². The van der Waals surface area contributed by atoms with Gasteiger partial charge in [0.25, 0.3) is 0 Å². The van der Waals surface area contributed by atoms with E-state index in [1.807, 2.05) is 6.92 Å². The van der Waals surface area contributed by atoms with Gasteiger partial charge in [0.15, 0.2) is 0 Å². The molecule has 0 bridgehead atoms. The van der Waals surface area contributed by atoms with Gasteiger partial charge in [-0.05, 0) is 25.9 Å². The molecule has 1 rings (SSSR count). The molecule has 1 fully saturated rings. The predicted octanol–water partition coefficient (Wildman–Crippen LogP) is 1.19. The van der Waals surface area contributed by atoms with Gasteiger partial charge >= 0.3 is 5.97 Å². The summed E-state index contributed by atoms with van der Waals surface area (Å²) in [7, 11) is 0. The highest BCUT2D eigenvalue weighted by atomic mass is 16.4. The molecular formula is C9H17NO2. The second-order valence-electron chi connectivity index (χ2n) is 3.56. The molecule has 0 aromatic heterocycles. The van der Waals surface area contributed by atoms with Crippen LogP contribution in [0.1, 0.15) is 26.7 Å². The smallest absolute Gasteiger partial charge is 0.310 e. The van der Waals surface area contributed by atoms with Crippen molar-refractivity contribution in [3.8, 4) is 0 Å². The Kier molecular flexibility index (Phi) is 2.73. The number of likely N-dealkylation sites (tertiary alicyclic amines) is 1. The molecule has 0 aliphatic carbocycles. The first-order valence-corrected chi connectivity index (χ1v) is 4.60. The molecule has 3 heteroatoms. The molecule has 70 valence electrons. The molecule has 0 spiro atoms. The van der Waals surface area contributed by atoms with Crippen molar-refractivity contribution in [2.45, 2.75) is 26.7 Å². The van der Waals surface area contributed by atoms with E-state index in [9.17, 15) is 4.79 Å². The summed E-state index contributed by atoms with van der Waals surface area (Å²) in [4.78, 5) is 13.2. The van der Waals surface area contributed by atoms with Gasteiger partial charge in [0, 0.05) is 6.54 Å². The van der Waals surface area contributed by atoms with Gasteiger partial charge in [-0.3, -0.25) is 4.79 Å². The molecule has 1 aliphatic heterocycles. The topological polar surface area (TPSA) is 40.5 Å². The lowest BCUT2D eigenvalue weighted by molar-refractivity contribution is -0.148. The van der Waals surface area contributed by atoms with Gasteiger partial charge in [-0.25, -0.2) is 0 Å². The lowest BCUT2D eigenvalue weighted by Crippen LogP contribution is -2.33. The van der Waals surface area contributed by atoms with E-state index in [2.05, 4.69) is 11.8 Å². The molecule has 3 nitrogen and oxygen atoms in total. The van der Waals surface area contributed by atoms with Gasteiger partial charge in [0.1, 0.15) is 0 Å². The van der Waals surface area contributed by atoms with Crippen molar-refractivity contribution in [1.82, 2.24) is 4.90 Å². The fourth-order valence-corrected chi connectivity index (χ4v) is 1.84. The Morgan fingerprint density at radius 3 is 2.50 bits per heavy atom. The Balaban J connectivity index is 2.66. The molecule has 0 aromatic carbocycles. The third-order valence-electron chi connectivity index (χ3n) is 3.01. The van der Waals surface area contributed by atoms with Crippen LogP contribution < -0.4 is 0 Å². The van der Waals surface area contributed by atoms with Crippen LogP contribution in [0.3, 0.4) is 0 Å². The normalized spacial score (nSPS) is 30.8. The summed E-state index contributed by atoms with van der Waals surface area (Å²) < 4.78 is 0. The van der Waals surface area contributed by atoms with Gasteiger partial charge in [-0.2, -0.15) is 0 Å². The van der Waals surface area contributed by atoms with E-state index >= 15 is 0 Å². The molecule has 0 radical (unpaired) electrons. The molecule has 0 amide bonds. The predicted molar refractivity (Wildman–Crippen MR) is 47.1 cm³/mol. The fourth-order valence-electron chi connectivity index (χ4n) is 1.84. The van der Waals surface area contributed by atoms with Crippen molar-refractivity contribution in [3.63, 3.8) is 0 Å². The number of aliphatic carboxylic acids is 1. The molecule has 1 atom stereocenters. The second-order valence-corrected chi connectivity index (χ2v) is 3.56. The van der Waals surface area contributed by atoms with Crippen LogP contribution in [-0.2, 0) is 4.79 Å². The minimum absolute atomic E-state index is 0.448. The average Bonchev–Trinajstić information content (AvgIpc) is 2.48. The van der Waals surface area contributed by atoms with E-state index in [0.717, 1.165) is 32.5 Å². The third kappa shape index (κ3) is 1.46. The first-order valence-electron chi connectivity index (χ1n) is 4.60. The van der Waals surface area contributed by atoms with Crippen molar-refractivity contribution >= 4 is 5.97 Å². The Bertz CT molecular complexity index is 181. The Hall–Kier alpha value is -0.570. The number of hydrogen-bond donors (Lipinski definition) is 1. The molecule has 12 heavy (non-hydrogen) atoms. The van der Waals surface area contributed by atoms with Gasteiger partial charge in [0.2, 0.25) is 0 Å². The molecule has 1 unspecified atom stereocenters. The Labute approximate surface area is 73.4 Å². The molecule has 1 aliphatic rings. The largest absolute Gasteiger partial charge is 0.481 e. The van der Waals surface area contributed by atoms with Crippen LogP contribution in [0.15, 0.2) is 0 Å². The van der Waals surface area contributed by atoms with Gasteiger partial charge in [-0.1, -0.05) is 13.8 Å². The van der Waals surface area contributed by atoms with Crippen molar-refractivity contribution in [2.24, 2.45) is 5.41 Å². The second kappa shape index (κ2) is 3.44. The van der Waals surface area contributed by atoms with E-state index in [1.54, 1.807) is 0 Å². The molecule has 1 heterocycles. The number of rotatable bonds is 3. The lowest BCUT2D eigenvalue weighted by Gasteiger charge is -2.22. The minimum atomic E-state index is -0.624. The maximum absolute atomic E-state index is 11.0. The summed E-state index contributed by atoms with van der Waals surface area (Å²) >= 11 is 0. The quantitative estimate of drug-likeness (QED) is 0.693. The third-order valence-corrected chi connectivity index (χ3v) is 3.01. The van der Waals surface area contributed by atoms with E-state index in [1.165, 1.54) is 0 Å². The van der Waals surface area contributed by atoms with Crippen LogP contribution >= 0.6 is 0 Å². The number of carboxylic acids is 1. The number of carboxylic acid groups (broad SMARTS) is 1. The van der Waals surface area contributed by atoms with E-state index in [4.69, 9.17) is 5.11 Å². The lowest BCUT2D eigenvalue weighted by atomic mass is 9.84. The fraction of sp³-hybridized carbons (Fsp3) is 0.889. The zero-order valence-electron chi connectivity index (χ0n) is 7.84.